The number of pyridine rings is 1. The van der Waals surface area contributed by atoms with E-state index in [1.54, 1.807) is 50.5 Å². The Morgan fingerprint density at radius 1 is 0.917 bits per heavy atom. The predicted molar refractivity (Wildman–Crippen MR) is 131 cm³/mol. The van der Waals surface area contributed by atoms with Crippen molar-refractivity contribution in [3.05, 3.63) is 71.2 Å². The van der Waals surface area contributed by atoms with Crippen molar-refractivity contribution in [2.45, 2.75) is 57.4 Å². The number of nitrogens with zero attached hydrogens (tertiary/aromatic N) is 3. The number of nitrogens with one attached hydrogen (secondary N) is 1. The van der Waals surface area contributed by atoms with E-state index in [0.717, 1.165) is 13.8 Å². The summed E-state index contributed by atoms with van der Waals surface area (Å²) in [7, 11) is 1.95. The van der Waals surface area contributed by atoms with Gasteiger partial charge < -0.3 is 15.1 Å². The molecule has 194 valence electrons. The van der Waals surface area contributed by atoms with Crippen molar-refractivity contribution in [3.63, 3.8) is 0 Å². The van der Waals surface area contributed by atoms with Crippen LogP contribution in [0.1, 0.15) is 57.0 Å². The van der Waals surface area contributed by atoms with Crippen molar-refractivity contribution in [2.75, 3.05) is 20.1 Å². The van der Waals surface area contributed by atoms with Crippen LogP contribution in [0.4, 0.5) is 13.2 Å². The molecule has 3 aromatic rings. The highest BCUT2D eigenvalue weighted by Crippen LogP contribution is 2.51. The van der Waals surface area contributed by atoms with E-state index >= 15 is 0 Å². The summed E-state index contributed by atoms with van der Waals surface area (Å²) in [6.45, 7) is 8.74. The number of halogens is 3. The Hall–Kier alpha value is -2.75. The number of hydrogen-bond donors (Lipinski definition) is 3. The van der Waals surface area contributed by atoms with Gasteiger partial charge in [-0.25, -0.2) is 0 Å². The first-order chi connectivity index (χ1) is 16.5. The maximum atomic E-state index is 13.6. The minimum Gasteiger partial charge on any atom is -0.384 e. The molecule has 1 aliphatic heterocycles. The quantitative estimate of drug-likeness (QED) is 0.454. The van der Waals surface area contributed by atoms with Crippen LogP contribution in [0.3, 0.4) is 0 Å². The molecule has 0 bridgehead atoms. The lowest BCUT2D eigenvalue weighted by Gasteiger charge is -2.56. The van der Waals surface area contributed by atoms with E-state index < -0.39 is 28.2 Å². The SMILES string of the molecule is CN1CC(C)([C@](O)(c2ccc(C(C)(C)C(F)(F)F)cc2)c2cncc(-c3cc(C(C)(C)O)[nH]n3)c2)C1. The third-order valence-electron chi connectivity index (χ3n) is 7.53. The molecular weight excluding hydrogens is 469 g/mol. The molecule has 0 radical (unpaired) electrons. The summed E-state index contributed by atoms with van der Waals surface area (Å²) in [4.78, 5) is 6.44. The largest absolute Gasteiger partial charge is 0.397 e. The zero-order valence-corrected chi connectivity index (χ0v) is 21.4. The minimum atomic E-state index is -4.41. The van der Waals surface area contributed by atoms with E-state index in [9.17, 15) is 23.4 Å². The van der Waals surface area contributed by atoms with Gasteiger partial charge in [0.25, 0.3) is 0 Å². The van der Waals surface area contributed by atoms with Crippen molar-refractivity contribution in [1.82, 2.24) is 20.1 Å². The molecule has 0 saturated carbocycles. The first kappa shape index (κ1) is 26.3. The zero-order chi connectivity index (χ0) is 26.7. The first-order valence-corrected chi connectivity index (χ1v) is 11.8. The fourth-order valence-electron chi connectivity index (χ4n) is 5.09. The smallest absolute Gasteiger partial charge is 0.384 e. The van der Waals surface area contributed by atoms with Crippen LogP contribution in [-0.2, 0) is 16.6 Å². The lowest BCUT2D eigenvalue weighted by Crippen LogP contribution is -2.63. The lowest BCUT2D eigenvalue weighted by atomic mass is 9.62. The molecule has 4 rings (SSSR count). The molecule has 2 aromatic heterocycles. The van der Waals surface area contributed by atoms with Crippen molar-refractivity contribution in [3.8, 4) is 11.3 Å². The van der Waals surface area contributed by atoms with Crippen LogP contribution in [0.5, 0.6) is 0 Å². The Morgan fingerprint density at radius 2 is 1.50 bits per heavy atom. The molecule has 0 spiro atoms. The second kappa shape index (κ2) is 8.39. The van der Waals surface area contributed by atoms with Crippen molar-refractivity contribution in [1.29, 1.82) is 0 Å². The number of alkyl halides is 3. The Morgan fingerprint density at radius 3 is 2.00 bits per heavy atom. The Bertz CT molecular complexity index is 1240. The molecule has 1 aromatic carbocycles. The number of hydrogen-bond acceptors (Lipinski definition) is 5. The van der Waals surface area contributed by atoms with Gasteiger partial charge in [-0.05, 0) is 58.0 Å². The zero-order valence-electron chi connectivity index (χ0n) is 21.4. The van der Waals surface area contributed by atoms with Gasteiger partial charge in [0.1, 0.15) is 11.2 Å². The predicted octanol–water partition coefficient (Wildman–Crippen LogP) is 4.73. The van der Waals surface area contributed by atoms with Gasteiger partial charge in [0.05, 0.1) is 16.8 Å². The second-order valence-electron chi connectivity index (χ2n) is 11.3. The van der Waals surface area contributed by atoms with Crippen LogP contribution in [0.15, 0.2) is 48.8 Å². The van der Waals surface area contributed by atoms with Crippen molar-refractivity contribution < 1.29 is 23.4 Å². The fourth-order valence-corrected chi connectivity index (χ4v) is 5.09. The monoisotopic (exact) mass is 502 g/mol. The van der Waals surface area contributed by atoms with Gasteiger partial charge in [0.15, 0.2) is 0 Å². The van der Waals surface area contributed by atoms with Crippen LogP contribution >= 0.6 is 0 Å². The van der Waals surface area contributed by atoms with E-state index in [0.29, 0.717) is 41.2 Å². The summed E-state index contributed by atoms with van der Waals surface area (Å²) in [5, 5.41) is 29.8. The molecule has 9 heteroatoms. The third kappa shape index (κ3) is 4.23. The Kier molecular flexibility index (Phi) is 6.14. The summed E-state index contributed by atoms with van der Waals surface area (Å²) in [5.41, 5.74) is -2.37. The number of likely N-dealkylation sites (tertiary alicyclic amines) is 1. The van der Waals surface area contributed by atoms with Crippen molar-refractivity contribution >= 4 is 0 Å². The summed E-state index contributed by atoms with van der Waals surface area (Å²) in [5.74, 6) is 0. The number of benzene rings is 1. The fraction of sp³-hybridized carbons (Fsp3) is 0.481. The molecular formula is C27H33F3N4O2. The number of aromatic amines is 1. The molecule has 0 aliphatic carbocycles. The molecule has 0 amide bonds. The minimum absolute atomic E-state index is 0.125. The van der Waals surface area contributed by atoms with Gasteiger partial charge in [-0.1, -0.05) is 31.2 Å². The average Bonchev–Trinajstić information content (AvgIpc) is 3.28. The van der Waals surface area contributed by atoms with Gasteiger partial charge in [0, 0.05) is 42.0 Å². The van der Waals surface area contributed by atoms with Crippen LogP contribution < -0.4 is 0 Å². The molecule has 1 saturated heterocycles. The summed E-state index contributed by atoms with van der Waals surface area (Å²) < 4.78 is 40.8. The van der Waals surface area contributed by atoms with Gasteiger partial charge in [0.2, 0.25) is 0 Å². The van der Waals surface area contributed by atoms with Gasteiger partial charge >= 0.3 is 6.18 Å². The highest BCUT2D eigenvalue weighted by Gasteiger charge is 2.56. The van der Waals surface area contributed by atoms with Gasteiger partial charge in [-0.3, -0.25) is 10.1 Å². The third-order valence-corrected chi connectivity index (χ3v) is 7.53. The molecule has 1 fully saturated rings. The molecule has 1 aliphatic rings. The topological polar surface area (TPSA) is 85.3 Å². The van der Waals surface area contributed by atoms with Crippen LogP contribution in [0.2, 0.25) is 0 Å². The Labute approximate surface area is 209 Å². The van der Waals surface area contributed by atoms with E-state index in [1.807, 2.05) is 14.0 Å². The average molecular weight is 503 g/mol. The molecule has 6 nitrogen and oxygen atoms in total. The number of rotatable bonds is 6. The summed E-state index contributed by atoms with van der Waals surface area (Å²) >= 11 is 0. The van der Waals surface area contributed by atoms with Gasteiger partial charge in [-0.15, -0.1) is 0 Å². The van der Waals surface area contributed by atoms with E-state index in [-0.39, 0.29) is 5.56 Å². The molecule has 1 atom stereocenters. The van der Waals surface area contributed by atoms with Crippen LogP contribution in [-0.4, -0.2) is 56.6 Å². The molecule has 0 unspecified atom stereocenters. The lowest BCUT2D eigenvalue weighted by molar-refractivity contribution is -0.180. The first-order valence-electron chi connectivity index (χ1n) is 11.8. The summed E-state index contributed by atoms with van der Waals surface area (Å²) in [6.07, 6.45) is -1.19. The summed E-state index contributed by atoms with van der Waals surface area (Å²) in [6, 6.07) is 9.58. The van der Waals surface area contributed by atoms with Crippen LogP contribution in [0, 0.1) is 5.41 Å². The highest BCUT2D eigenvalue weighted by molar-refractivity contribution is 5.60. The maximum absolute atomic E-state index is 13.6. The molecule has 36 heavy (non-hydrogen) atoms. The Balaban J connectivity index is 1.80. The highest BCUT2D eigenvalue weighted by atomic mass is 19.4. The van der Waals surface area contributed by atoms with E-state index in [4.69, 9.17) is 0 Å². The standard InChI is InChI=1S/C27H33F3N4O2/c1-23(2,27(28,29)30)18-7-9-19(10-8-18)26(36,25(5)15-34(6)16-25)20-11-17(13-31-14-20)21-12-22(33-32-21)24(3,4)35/h7-14,35-36H,15-16H2,1-6H3,(H,32,33)/t26-/m0/s1. The number of H-pyrrole nitrogens is 1. The second-order valence-corrected chi connectivity index (χ2v) is 11.3. The van der Waals surface area contributed by atoms with E-state index in [2.05, 4.69) is 20.1 Å². The maximum Gasteiger partial charge on any atom is 0.397 e. The molecule has 3 N–H and O–H groups in total. The molecule has 3 heterocycles. The van der Waals surface area contributed by atoms with Crippen LogP contribution in [0.25, 0.3) is 11.3 Å². The normalized spacial score (nSPS) is 18.5. The number of aliphatic hydroxyl groups is 2. The van der Waals surface area contributed by atoms with Gasteiger partial charge in [-0.2, -0.15) is 18.3 Å². The number of aromatic nitrogens is 3. The van der Waals surface area contributed by atoms with Crippen molar-refractivity contribution in [2.24, 2.45) is 5.41 Å². The van der Waals surface area contributed by atoms with E-state index in [1.165, 1.54) is 12.1 Å².